The first-order chi connectivity index (χ1) is 8.06. The molecule has 0 spiro atoms. The Hall–Kier alpha value is -1.71. The molecule has 0 fully saturated rings. The minimum Gasteiger partial charge on any atom is -0.386 e. The number of benzene rings is 1. The van der Waals surface area contributed by atoms with E-state index in [1.165, 1.54) is 0 Å². The van der Waals surface area contributed by atoms with Gasteiger partial charge in [-0.3, -0.25) is 0 Å². The first-order valence-corrected chi connectivity index (χ1v) is 5.74. The first kappa shape index (κ1) is 11.8. The van der Waals surface area contributed by atoms with Gasteiger partial charge < -0.3 is 16.0 Å². The van der Waals surface area contributed by atoms with Crippen LogP contribution < -0.4 is 16.0 Å². The Morgan fingerprint density at radius 1 is 1.53 bits per heavy atom. The van der Waals surface area contributed by atoms with Crippen LogP contribution in [-0.4, -0.2) is 20.1 Å². The van der Waals surface area contributed by atoms with E-state index < -0.39 is 0 Å². The summed E-state index contributed by atoms with van der Waals surface area (Å²) in [6.45, 7) is 3.47. The molecular formula is C13H18FN3. The van der Waals surface area contributed by atoms with Crippen molar-refractivity contribution in [2.75, 3.05) is 25.0 Å². The average molecular weight is 235 g/mol. The highest BCUT2D eigenvalue weighted by molar-refractivity contribution is 5.48. The number of halogens is 1. The maximum absolute atomic E-state index is 13.8. The zero-order valence-corrected chi connectivity index (χ0v) is 10.2. The third-order valence-electron chi connectivity index (χ3n) is 3.01. The van der Waals surface area contributed by atoms with Crippen LogP contribution in [0.1, 0.15) is 5.56 Å². The van der Waals surface area contributed by atoms with Gasteiger partial charge in [0.15, 0.2) is 0 Å². The fourth-order valence-electron chi connectivity index (χ4n) is 2.11. The van der Waals surface area contributed by atoms with Gasteiger partial charge in [-0.25, -0.2) is 4.39 Å². The molecule has 0 saturated heterocycles. The van der Waals surface area contributed by atoms with E-state index in [1.807, 2.05) is 37.1 Å². The second-order valence-electron chi connectivity index (χ2n) is 4.60. The Labute approximate surface area is 101 Å². The van der Waals surface area contributed by atoms with Crippen LogP contribution in [0.4, 0.5) is 10.1 Å². The van der Waals surface area contributed by atoms with Gasteiger partial charge in [0.25, 0.3) is 0 Å². The van der Waals surface area contributed by atoms with Crippen LogP contribution in [-0.2, 0) is 0 Å². The van der Waals surface area contributed by atoms with Crippen molar-refractivity contribution in [1.82, 2.24) is 5.32 Å². The second-order valence-corrected chi connectivity index (χ2v) is 4.60. The van der Waals surface area contributed by atoms with E-state index in [0.717, 1.165) is 18.7 Å². The van der Waals surface area contributed by atoms with Crippen LogP contribution in [0.15, 0.2) is 30.1 Å². The van der Waals surface area contributed by atoms with Crippen LogP contribution in [0.2, 0.25) is 0 Å². The number of nitrogens with one attached hydrogen (secondary N) is 1. The molecule has 1 aliphatic heterocycles. The molecule has 1 aromatic rings. The van der Waals surface area contributed by atoms with Crippen molar-refractivity contribution < 1.29 is 4.39 Å². The summed E-state index contributed by atoms with van der Waals surface area (Å²) in [6.07, 6.45) is 1.99. The van der Waals surface area contributed by atoms with E-state index in [2.05, 4.69) is 5.32 Å². The molecule has 0 unspecified atom stereocenters. The lowest BCUT2D eigenvalue weighted by molar-refractivity contribution is 0.602. The van der Waals surface area contributed by atoms with Crippen molar-refractivity contribution in [3.8, 4) is 0 Å². The van der Waals surface area contributed by atoms with Crippen LogP contribution in [0.5, 0.6) is 0 Å². The summed E-state index contributed by atoms with van der Waals surface area (Å²) in [5.74, 6) is 0.879. The molecule has 1 heterocycles. The number of aryl methyl sites for hydroxylation is 1. The molecule has 2 rings (SSSR count). The third-order valence-corrected chi connectivity index (χ3v) is 3.01. The molecule has 0 bridgehead atoms. The van der Waals surface area contributed by atoms with E-state index in [0.29, 0.717) is 17.4 Å². The molecule has 0 saturated carbocycles. The number of hydrogen-bond donors (Lipinski definition) is 2. The standard InChI is InChI=1S/C13H18FN3/c1-9-3-4-12(11(14)5-9)17(2)8-10-6-13(15)16-7-10/h3-6,10,16H,7-8,15H2,1-2H3/t10-/m0/s1. The van der Waals surface area contributed by atoms with Gasteiger partial charge in [0.05, 0.1) is 11.5 Å². The summed E-state index contributed by atoms with van der Waals surface area (Å²) in [6, 6.07) is 5.30. The Morgan fingerprint density at radius 2 is 2.29 bits per heavy atom. The fourth-order valence-corrected chi connectivity index (χ4v) is 2.11. The molecule has 1 aromatic carbocycles. The van der Waals surface area contributed by atoms with Crippen LogP contribution in [0, 0.1) is 18.7 Å². The smallest absolute Gasteiger partial charge is 0.146 e. The maximum Gasteiger partial charge on any atom is 0.146 e. The molecule has 92 valence electrons. The summed E-state index contributed by atoms with van der Waals surface area (Å²) >= 11 is 0. The molecule has 1 aliphatic rings. The fraction of sp³-hybridized carbons (Fsp3) is 0.385. The molecule has 3 nitrogen and oxygen atoms in total. The summed E-state index contributed by atoms with van der Waals surface area (Å²) < 4.78 is 13.8. The van der Waals surface area contributed by atoms with Crippen LogP contribution in [0.3, 0.4) is 0 Å². The summed E-state index contributed by atoms with van der Waals surface area (Å²) in [7, 11) is 1.90. The van der Waals surface area contributed by atoms with E-state index in [-0.39, 0.29) is 5.82 Å². The lowest BCUT2D eigenvalue weighted by Gasteiger charge is -2.22. The molecule has 1 atom stereocenters. The van der Waals surface area contributed by atoms with Gasteiger partial charge in [0.1, 0.15) is 5.82 Å². The van der Waals surface area contributed by atoms with Crippen molar-refractivity contribution in [3.05, 3.63) is 41.5 Å². The lowest BCUT2D eigenvalue weighted by Crippen LogP contribution is -2.28. The second kappa shape index (κ2) is 4.65. The maximum atomic E-state index is 13.8. The summed E-state index contributed by atoms with van der Waals surface area (Å²) in [5.41, 5.74) is 7.22. The van der Waals surface area contributed by atoms with Gasteiger partial charge in [-0.1, -0.05) is 6.07 Å². The quantitative estimate of drug-likeness (QED) is 0.836. The van der Waals surface area contributed by atoms with Gasteiger partial charge in [-0.15, -0.1) is 0 Å². The normalized spacial score (nSPS) is 18.8. The van der Waals surface area contributed by atoms with Crippen molar-refractivity contribution in [2.24, 2.45) is 11.7 Å². The third kappa shape index (κ3) is 2.70. The van der Waals surface area contributed by atoms with Crippen molar-refractivity contribution >= 4 is 5.69 Å². The minimum atomic E-state index is -0.171. The molecule has 0 radical (unpaired) electrons. The lowest BCUT2D eigenvalue weighted by atomic mass is 10.1. The number of hydrogen-bond acceptors (Lipinski definition) is 3. The van der Waals surface area contributed by atoms with E-state index >= 15 is 0 Å². The van der Waals surface area contributed by atoms with Crippen molar-refractivity contribution in [1.29, 1.82) is 0 Å². The number of rotatable bonds is 3. The van der Waals surface area contributed by atoms with Crippen molar-refractivity contribution in [3.63, 3.8) is 0 Å². The van der Waals surface area contributed by atoms with Crippen LogP contribution >= 0.6 is 0 Å². The Morgan fingerprint density at radius 3 is 2.88 bits per heavy atom. The largest absolute Gasteiger partial charge is 0.386 e. The first-order valence-electron chi connectivity index (χ1n) is 5.74. The number of anilines is 1. The van der Waals surface area contributed by atoms with Crippen molar-refractivity contribution in [2.45, 2.75) is 6.92 Å². The zero-order chi connectivity index (χ0) is 12.4. The Bertz CT molecular complexity index is 442. The Kier molecular flexibility index (Phi) is 3.22. The van der Waals surface area contributed by atoms with Gasteiger partial charge in [0.2, 0.25) is 0 Å². The monoisotopic (exact) mass is 235 g/mol. The van der Waals surface area contributed by atoms with Crippen LogP contribution in [0.25, 0.3) is 0 Å². The molecule has 4 heteroatoms. The topological polar surface area (TPSA) is 41.3 Å². The average Bonchev–Trinajstić information content (AvgIpc) is 2.63. The summed E-state index contributed by atoms with van der Waals surface area (Å²) in [4.78, 5) is 1.93. The molecule has 17 heavy (non-hydrogen) atoms. The summed E-state index contributed by atoms with van der Waals surface area (Å²) in [5, 5.41) is 3.07. The highest BCUT2D eigenvalue weighted by atomic mass is 19.1. The zero-order valence-electron chi connectivity index (χ0n) is 10.2. The molecule has 3 N–H and O–H groups in total. The minimum absolute atomic E-state index is 0.171. The number of nitrogens with two attached hydrogens (primary N) is 1. The van der Waals surface area contributed by atoms with Gasteiger partial charge in [0, 0.05) is 26.1 Å². The number of nitrogens with zero attached hydrogens (tertiary/aromatic N) is 1. The highest BCUT2D eigenvalue weighted by Crippen LogP contribution is 2.21. The molecule has 0 amide bonds. The SMILES string of the molecule is Cc1ccc(N(C)C[C@H]2C=C(N)NC2)c(F)c1. The van der Waals surface area contributed by atoms with Gasteiger partial charge >= 0.3 is 0 Å². The van der Waals surface area contributed by atoms with E-state index in [4.69, 9.17) is 5.73 Å². The Balaban J connectivity index is 2.07. The van der Waals surface area contributed by atoms with Gasteiger partial charge in [-0.05, 0) is 30.7 Å². The predicted octanol–water partition coefficient (Wildman–Crippen LogP) is 1.59. The highest BCUT2D eigenvalue weighted by Gasteiger charge is 2.17. The molecule has 0 aliphatic carbocycles. The van der Waals surface area contributed by atoms with Gasteiger partial charge in [-0.2, -0.15) is 0 Å². The molecule has 0 aromatic heterocycles. The predicted molar refractivity (Wildman–Crippen MR) is 68.2 cm³/mol. The molecular weight excluding hydrogens is 217 g/mol. The van der Waals surface area contributed by atoms with E-state index in [9.17, 15) is 4.39 Å². The van der Waals surface area contributed by atoms with E-state index in [1.54, 1.807) is 6.07 Å².